The van der Waals surface area contributed by atoms with Gasteiger partial charge in [0.05, 0.1) is 5.56 Å². The summed E-state index contributed by atoms with van der Waals surface area (Å²) in [6.45, 7) is 1.39. The van der Waals surface area contributed by atoms with Crippen molar-refractivity contribution < 1.29 is 4.79 Å². The van der Waals surface area contributed by atoms with Crippen molar-refractivity contribution in [3.05, 3.63) is 63.3 Å². The fraction of sp³-hybridized carbons (Fsp3) is 0.312. The number of pyridine rings is 2. The molecule has 3 rings (SSSR count). The topological polar surface area (TPSA) is 66.1 Å². The van der Waals surface area contributed by atoms with Gasteiger partial charge in [0.15, 0.2) is 0 Å². The molecule has 0 unspecified atom stereocenters. The molecule has 2 aromatic rings. The molecule has 1 N–H and O–H groups in total. The van der Waals surface area contributed by atoms with Crippen LogP contribution in [0.15, 0.2) is 41.6 Å². The Balaban J connectivity index is 1.67. The summed E-state index contributed by atoms with van der Waals surface area (Å²) in [5.74, 6) is 0.373. The molecule has 1 fully saturated rings. The van der Waals surface area contributed by atoms with E-state index in [9.17, 15) is 9.59 Å². The van der Waals surface area contributed by atoms with Crippen LogP contribution >= 0.6 is 11.6 Å². The molecule has 0 saturated carbocycles. The van der Waals surface area contributed by atoms with Crippen LogP contribution in [0.25, 0.3) is 0 Å². The number of hydrogen-bond acceptors (Lipinski definition) is 3. The third-order valence-corrected chi connectivity index (χ3v) is 4.35. The minimum Gasteiger partial charge on any atom is -0.339 e. The average molecular weight is 318 g/mol. The number of nitrogens with zero attached hydrogens (tertiary/aromatic N) is 2. The molecule has 5 nitrogen and oxygen atoms in total. The molecule has 1 amide bonds. The van der Waals surface area contributed by atoms with Gasteiger partial charge in [-0.2, -0.15) is 0 Å². The second-order valence-electron chi connectivity index (χ2n) is 5.41. The molecule has 0 spiro atoms. The average Bonchev–Trinajstić information content (AvgIpc) is 2.58. The zero-order valence-electron chi connectivity index (χ0n) is 12.0. The number of likely N-dealkylation sites (tertiary alicyclic amines) is 1. The highest BCUT2D eigenvalue weighted by atomic mass is 35.5. The monoisotopic (exact) mass is 317 g/mol. The van der Waals surface area contributed by atoms with Gasteiger partial charge in [0, 0.05) is 31.7 Å². The fourth-order valence-corrected chi connectivity index (χ4v) is 2.99. The van der Waals surface area contributed by atoms with Crippen molar-refractivity contribution in [3.63, 3.8) is 0 Å². The van der Waals surface area contributed by atoms with E-state index in [2.05, 4.69) is 9.97 Å². The minimum atomic E-state index is -0.380. The molecule has 0 radical (unpaired) electrons. The minimum absolute atomic E-state index is 0.0394. The molecule has 22 heavy (non-hydrogen) atoms. The van der Waals surface area contributed by atoms with Gasteiger partial charge >= 0.3 is 0 Å². The lowest BCUT2D eigenvalue weighted by Crippen LogP contribution is -2.38. The summed E-state index contributed by atoms with van der Waals surface area (Å²) < 4.78 is 0. The standard InChI is InChI=1S/C16H16ClN3O2/c17-14-9-13(10-19-15(14)21)16(22)20-7-3-12(4-8-20)11-1-5-18-6-2-11/h1-2,5-6,9-10,12H,3-4,7-8H2,(H,19,21). The molecule has 3 heterocycles. The molecule has 1 aliphatic rings. The van der Waals surface area contributed by atoms with Gasteiger partial charge in [-0.05, 0) is 42.5 Å². The predicted molar refractivity (Wildman–Crippen MR) is 84.2 cm³/mol. The van der Waals surface area contributed by atoms with E-state index in [0.29, 0.717) is 24.6 Å². The quantitative estimate of drug-likeness (QED) is 0.925. The lowest BCUT2D eigenvalue weighted by molar-refractivity contribution is 0.0712. The van der Waals surface area contributed by atoms with Crippen molar-refractivity contribution in [2.24, 2.45) is 0 Å². The summed E-state index contributed by atoms with van der Waals surface area (Å²) in [5.41, 5.74) is 1.32. The van der Waals surface area contributed by atoms with Crippen LogP contribution in [0.1, 0.15) is 34.7 Å². The Morgan fingerprint density at radius 1 is 1.27 bits per heavy atom. The molecule has 2 aromatic heterocycles. The molecule has 6 heteroatoms. The van der Waals surface area contributed by atoms with Gasteiger partial charge in [-0.25, -0.2) is 0 Å². The van der Waals surface area contributed by atoms with E-state index in [-0.39, 0.29) is 16.5 Å². The number of aromatic nitrogens is 2. The lowest BCUT2D eigenvalue weighted by atomic mass is 9.90. The fourth-order valence-electron chi connectivity index (χ4n) is 2.81. The molecule has 114 valence electrons. The van der Waals surface area contributed by atoms with Crippen molar-refractivity contribution in [2.75, 3.05) is 13.1 Å². The summed E-state index contributed by atoms with van der Waals surface area (Å²) >= 11 is 5.78. The van der Waals surface area contributed by atoms with Crippen molar-refractivity contribution in [1.82, 2.24) is 14.9 Å². The van der Waals surface area contributed by atoms with Crippen molar-refractivity contribution in [2.45, 2.75) is 18.8 Å². The van der Waals surface area contributed by atoms with Crippen molar-refractivity contribution >= 4 is 17.5 Å². The maximum absolute atomic E-state index is 12.4. The van der Waals surface area contributed by atoms with Gasteiger partial charge in [0.2, 0.25) is 0 Å². The SMILES string of the molecule is O=C(c1c[nH]c(=O)c(Cl)c1)N1CCC(c2ccncc2)CC1. The van der Waals surface area contributed by atoms with Crippen LogP contribution in [-0.4, -0.2) is 33.9 Å². The zero-order valence-corrected chi connectivity index (χ0v) is 12.7. The smallest absolute Gasteiger partial charge is 0.266 e. The first-order valence-corrected chi connectivity index (χ1v) is 7.60. The molecule has 1 aliphatic heterocycles. The second-order valence-corrected chi connectivity index (χ2v) is 5.82. The number of rotatable bonds is 2. The number of piperidine rings is 1. The Labute approximate surface area is 132 Å². The highest BCUT2D eigenvalue weighted by Crippen LogP contribution is 2.28. The number of carbonyl (C=O) groups excluding carboxylic acids is 1. The maximum atomic E-state index is 12.4. The summed E-state index contributed by atoms with van der Waals surface area (Å²) in [5, 5.41) is 0.0394. The van der Waals surface area contributed by atoms with Crippen molar-refractivity contribution in [3.8, 4) is 0 Å². The van der Waals surface area contributed by atoms with Gasteiger partial charge < -0.3 is 9.88 Å². The Hall–Kier alpha value is -2.14. The van der Waals surface area contributed by atoms with Gasteiger partial charge in [0.25, 0.3) is 11.5 Å². The number of carbonyl (C=O) groups is 1. The first kappa shape index (κ1) is 14.8. The summed E-state index contributed by atoms with van der Waals surface area (Å²) in [4.78, 5) is 32.0. The Morgan fingerprint density at radius 2 is 1.95 bits per heavy atom. The highest BCUT2D eigenvalue weighted by molar-refractivity contribution is 6.30. The number of halogens is 1. The number of H-pyrrole nitrogens is 1. The highest BCUT2D eigenvalue weighted by Gasteiger charge is 2.24. The van der Waals surface area contributed by atoms with Crippen molar-refractivity contribution in [1.29, 1.82) is 0 Å². The lowest BCUT2D eigenvalue weighted by Gasteiger charge is -2.32. The number of nitrogens with one attached hydrogen (secondary N) is 1. The zero-order chi connectivity index (χ0) is 15.5. The Kier molecular flexibility index (Phi) is 4.24. The van der Waals surface area contributed by atoms with Gasteiger partial charge in [-0.3, -0.25) is 14.6 Å². The molecule has 0 aliphatic carbocycles. The van der Waals surface area contributed by atoms with E-state index in [1.165, 1.54) is 17.8 Å². The van der Waals surface area contributed by atoms with E-state index >= 15 is 0 Å². The maximum Gasteiger partial charge on any atom is 0.266 e. The van der Waals surface area contributed by atoms with Crippen LogP contribution in [0.3, 0.4) is 0 Å². The van der Waals surface area contributed by atoms with Crippen LogP contribution in [-0.2, 0) is 0 Å². The molecule has 0 aromatic carbocycles. The van der Waals surface area contributed by atoms with Crippen LogP contribution in [0.2, 0.25) is 5.02 Å². The van der Waals surface area contributed by atoms with Crippen LogP contribution in [0, 0.1) is 0 Å². The number of aromatic amines is 1. The van der Waals surface area contributed by atoms with E-state index in [1.54, 1.807) is 12.4 Å². The summed E-state index contributed by atoms with van der Waals surface area (Å²) in [6, 6.07) is 5.49. The van der Waals surface area contributed by atoms with Crippen LogP contribution in [0.5, 0.6) is 0 Å². The van der Waals surface area contributed by atoms with Crippen LogP contribution in [0.4, 0.5) is 0 Å². The molecule has 1 saturated heterocycles. The third kappa shape index (κ3) is 3.04. The van der Waals surface area contributed by atoms with E-state index in [4.69, 9.17) is 11.6 Å². The first-order valence-electron chi connectivity index (χ1n) is 7.22. The number of hydrogen-bond donors (Lipinski definition) is 1. The summed E-state index contributed by atoms with van der Waals surface area (Å²) in [6.07, 6.45) is 6.87. The first-order chi connectivity index (χ1) is 10.6. The normalized spacial score (nSPS) is 15.8. The Morgan fingerprint density at radius 3 is 2.59 bits per heavy atom. The summed E-state index contributed by atoms with van der Waals surface area (Å²) in [7, 11) is 0. The van der Waals surface area contributed by atoms with Gasteiger partial charge in [-0.15, -0.1) is 0 Å². The molecule has 0 atom stereocenters. The molecular formula is C16H16ClN3O2. The van der Waals surface area contributed by atoms with Gasteiger partial charge in [0.1, 0.15) is 5.02 Å². The van der Waals surface area contributed by atoms with Gasteiger partial charge in [-0.1, -0.05) is 11.6 Å². The van der Waals surface area contributed by atoms with E-state index in [1.807, 2.05) is 17.0 Å². The van der Waals surface area contributed by atoms with Crippen LogP contribution < -0.4 is 5.56 Å². The number of amides is 1. The largest absolute Gasteiger partial charge is 0.339 e. The predicted octanol–water partition coefficient (Wildman–Crippen LogP) is 2.44. The van der Waals surface area contributed by atoms with E-state index < -0.39 is 0 Å². The molecular weight excluding hydrogens is 302 g/mol. The van der Waals surface area contributed by atoms with E-state index in [0.717, 1.165) is 12.8 Å². The second kappa shape index (κ2) is 6.32. The molecule has 0 bridgehead atoms. The Bertz CT molecular complexity index is 722. The third-order valence-electron chi connectivity index (χ3n) is 4.06.